The Labute approximate surface area is 102 Å². The number of hydrogen-bond acceptors (Lipinski definition) is 0. The summed E-state index contributed by atoms with van der Waals surface area (Å²) in [6.45, 7) is 0. The van der Waals surface area contributed by atoms with Gasteiger partial charge in [0.2, 0.25) is 0 Å². The molecule has 0 spiro atoms. The predicted molar refractivity (Wildman–Crippen MR) is 73.7 cm³/mol. The lowest BCUT2D eigenvalue weighted by Crippen LogP contribution is -1.82. The van der Waals surface area contributed by atoms with Gasteiger partial charge >= 0.3 is 0 Å². The maximum absolute atomic E-state index is 2.36. The molecule has 1 aliphatic rings. The zero-order valence-corrected chi connectivity index (χ0v) is 10.8. The highest BCUT2D eigenvalue weighted by Crippen LogP contribution is 2.12. The molecule has 92 valence electrons. The summed E-state index contributed by atoms with van der Waals surface area (Å²) in [5, 5.41) is 0. The minimum Gasteiger partial charge on any atom is -0.0882 e. The topological polar surface area (TPSA) is 0 Å². The van der Waals surface area contributed by atoms with Crippen LogP contribution in [0.1, 0.15) is 77.0 Å². The fourth-order valence-electron chi connectivity index (χ4n) is 2.27. The van der Waals surface area contributed by atoms with E-state index in [0.717, 1.165) is 6.42 Å². The summed E-state index contributed by atoms with van der Waals surface area (Å²) in [6, 6.07) is 0. The van der Waals surface area contributed by atoms with Crippen molar-refractivity contribution in [2.45, 2.75) is 77.0 Å². The van der Waals surface area contributed by atoms with E-state index in [-0.39, 0.29) is 0 Å². The molecule has 0 fully saturated rings. The summed E-state index contributed by atoms with van der Waals surface area (Å²) < 4.78 is 0. The van der Waals surface area contributed by atoms with Crippen LogP contribution in [0.3, 0.4) is 0 Å². The summed E-state index contributed by atoms with van der Waals surface area (Å²) in [7, 11) is 0. The summed E-state index contributed by atoms with van der Waals surface area (Å²) in [5.74, 6) is 0. The molecule has 0 unspecified atom stereocenters. The fraction of sp³-hybridized carbons (Fsp3) is 0.750. The van der Waals surface area contributed by atoms with Gasteiger partial charge in [-0.1, -0.05) is 69.2 Å². The predicted octanol–water partition coefficient (Wildman–Crippen LogP) is 5.79. The standard InChI is InChI=1S/C16H28/c1-2-4-6-8-10-12-14-16-15-13-11-9-7-5-3-1/h1-2,5,7H,3-4,6,8-16H2/b2-1-,7-5+. The quantitative estimate of drug-likeness (QED) is 0.453. The van der Waals surface area contributed by atoms with E-state index in [4.69, 9.17) is 0 Å². The lowest BCUT2D eigenvalue weighted by atomic mass is 10.0. The largest absolute Gasteiger partial charge is 0.0882 e. The zero-order valence-electron chi connectivity index (χ0n) is 10.8. The molecular weight excluding hydrogens is 192 g/mol. The van der Waals surface area contributed by atoms with Crippen LogP contribution in [0.25, 0.3) is 0 Å². The van der Waals surface area contributed by atoms with Crippen molar-refractivity contribution < 1.29 is 0 Å². The Hall–Kier alpha value is -0.520. The molecule has 0 saturated heterocycles. The molecule has 1 aliphatic carbocycles. The Kier molecular flexibility index (Phi) is 9.30. The lowest BCUT2D eigenvalue weighted by Gasteiger charge is -2.01. The number of hydrogen-bond donors (Lipinski definition) is 0. The van der Waals surface area contributed by atoms with Crippen molar-refractivity contribution in [3.63, 3.8) is 0 Å². The molecule has 0 radical (unpaired) electrons. The lowest BCUT2D eigenvalue weighted by molar-refractivity contribution is 0.561. The zero-order chi connectivity index (χ0) is 11.3. The molecular formula is C16H28. The second-order valence-electron chi connectivity index (χ2n) is 4.94. The van der Waals surface area contributed by atoms with Crippen molar-refractivity contribution in [3.05, 3.63) is 24.3 Å². The molecule has 0 atom stereocenters. The van der Waals surface area contributed by atoms with E-state index in [1.54, 1.807) is 0 Å². The van der Waals surface area contributed by atoms with Crippen molar-refractivity contribution >= 4 is 0 Å². The number of rotatable bonds is 0. The average molecular weight is 220 g/mol. The first-order chi connectivity index (χ1) is 8.00. The highest BCUT2D eigenvalue weighted by Gasteiger charge is 1.92. The van der Waals surface area contributed by atoms with E-state index < -0.39 is 0 Å². The van der Waals surface area contributed by atoms with E-state index in [1.807, 2.05) is 0 Å². The van der Waals surface area contributed by atoms with Gasteiger partial charge in [-0.05, 0) is 32.1 Å². The maximum atomic E-state index is 2.36. The summed E-state index contributed by atoms with van der Waals surface area (Å²) in [6.07, 6.45) is 26.0. The Morgan fingerprint density at radius 1 is 0.375 bits per heavy atom. The minimum absolute atomic E-state index is 1.14. The summed E-state index contributed by atoms with van der Waals surface area (Å²) in [4.78, 5) is 0. The monoisotopic (exact) mass is 220 g/mol. The van der Waals surface area contributed by atoms with E-state index in [0.29, 0.717) is 0 Å². The van der Waals surface area contributed by atoms with Crippen molar-refractivity contribution in [1.29, 1.82) is 0 Å². The molecule has 0 saturated carbocycles. The molecule has 0 bridgehead atoms. The van der Waals surface area contributed by atoms with Gasteiger partial charge in [0.15, 0.2) is 0 Å². The first-order valence-corrected chi connectivity index (χ1v) is 7.30. The minimum atomic E-state index is 1.14. The molecule has 1 rings (SSSR count). The van der Waals surface area contributed by atoms with Crippen molar-refractivity contribution in [1.82, 2.24) is 0 Å². The third-order valence-corrected chi connectivity index (χ3v) is 3.35. The molecule has 0 heteroatoms. The van der Waals surface area contributed by atoms with E-state index >= 15 is 0 Å². The van der Waals surface area contributed by atoms with Crippen LogP contribution < -0.4 is 0 Å². The van der Waals surface area contributed by atoms with Crippen LogP contribution in [0, 0.1) is 0 Å². The second-order valence-corrected chi connectivity index (χ2v) is 4.94. The van der Waals surface area contributed by atoms with Gasteiger partial charge in [0, 0.05) is 0 Å². The molecule has 0 nitrogen and oxygen atoms in total. The maximum Gasteiger partial charge on any atom is -0.0169 e. The van der Waals surface area contributed by atoms with Gasteiger partial charge in [-0.25, -0.2) is 0 Å². The third-order valence-electron chi connectivity index (χ3n) is 3.35. The Morgan fingerprint density at radius 2 is 0.750 bits per heavy atom. The van der Waals surface area contributed by atoms with Crippen molar-refractivity contribution in [3.8, 4) is 0 Å². The Balaban J connectivity index is 2.15. The van der Waals surface area contributed by atoms with Gasteiger partial charge in [-0.3, -0.25) is 0 Å². The fourth-order valence-corrected chi connectivity index (χ4v) is 2.27. The molecule has 0 aromatic carbocycles. The van der Waals surface area contributed by atoms with E-state index in [2.05, 4.69) is 24.3 Å². The Bertz CT molecular complexity index is 168. The molecule has 0 amide bonds. The first-order valence-electron chi connectivity index (χ1n) is 7.30. The average Bonchev–Trinajstić information content (AvgIpc) is 2.29. The Morgan fingerprint density at radius 3 is 1.19 bits per heavy atom. The molecule has 0 N–H and O–H groups in total. The summed E-state index contributed by atoms with van der Waals surface area (Å²) >= 11 is 0. The van der Waals surface area contributed by atoms with E-state index in [9.17, 15) is 0 Å². The molecule has 16 heavy (non-hydrogen) atoms. The highest BCUT2D eigenvalue weighted by molar-refractivity contribution is 4.92. The second kappa shape index (κ2) is 11.0. The normalized spacial score (nSPS) is 26.0. The van der Waals surface area contributed by atoms with Gasteiger partial charge in [-0.15, -0.1) is 0 Å². The van der Waals surface area contributed by atoms with Gasteiger partial charge in [0.05, 0.1) is 0 Å². The molecule has 0 aromatic heterocycles. The van der Waals surface area contributed by atoms with Crippen LogP contribution >= 0.6 is 0 Å². The van der Waals surface area contributed by atoms with Gasteiger partial charge in [-0.2, -0.15) is 0 Å². The van der Waals surface area contributed by atoms with Crippen LogP contribution in [0.2, 0.25) is 0 Å². The molecule has 0 aliphatic heterocycles. The van der Waals surface area contributed by atoms with Gasteiger partial charge in [0.25, 0.3) is 0 Å². The smallest absolute Gasteiger partial charge is 0.0169 e. The van der Waals surface area contributed by atoms with E-state index in [1.165, 1.54) is 70.6 Å². The SMILES string of the molecule is C1=C\CCCCCCCCCCC/C=C/C/1. The van der Waals surface area contributed by atoms with Crippen LogP contribution in [0.5, 0.6) is 0 Å². The number of allylic oxidation sites excluding steroid dienone is 4. The van der Waals surface area contributed by atoms with Crippen molar-refractivity contribution in [2.24, 2.45) is 0 Å². The van der Waals surface area contributed by atoms with Gasteiger partial charge in [0.1, 0.15) is 0 Å². The molecule has 0 heterocycles. The van der Waals surface area contributed by atoms with Crippen LogP contribution in [-0.2, 0) is 0 Å². The van der Waals surface area contributed by atoms with Crippen LogP contribution in [0.15, 0.2) is 24.3 Å². The van der Waals surface area contributed by atoms with Crippen LogP contribution in [-0.4, -0.2) is 0 Å². The van der Waals surface area contributed by atoms with Crippen molar-refractivity contribution in [2.75, 3.05) is 0 Å². The van der Waals surface area contributed by atoms with Crippen LogP contribution in [0.4, 0.5) is 0 Å². The summed E-state index contributed by atoms with van der Waals surface area (Å²) in [5.41, 5.74) is 0. The third kappa shape index (κ3) is 8.76. The molecule has 0 aromatic rings. The van der Waals surface area contributed by atoms with Gasteiger partial charge < -0.3 is 0 Å². The highest BCUT2D eigenvalue weighted by atomic mass is 14.0. The first kappa shape index (κ1) is 13.5.